The van der Waals surface area contributed by atoms with Crippen molar-refractivity contribution in [2.75, 3.05) is 7.11 Å². The van der Waals surface area contributed by atoms with E-state index in [0.717, 1.165) is 18.4 Å². The Morgan fingerprint density at radius 2 is 1.86 bits per heavy atom. The average Bonchev–Trinajstić information content (AvgIpc) is 3.38. The Bertz CT molecular complexity index is 665. The first-order chi connectivity index (χ1) is 10.7. The molecule has 1 fully saturated rings. The highest BCUT2D eigenvalue weighted by Gasteiger charge is 2.34. The lowest BCUT2D eigenvalue weighted by Crippen LogP contribution is -2.32. The van der Waals surface area contributed by atoms with E-state index < -0.39 is 0 Å². The number of amides is 1. The summed E-state index contributed by atoms with van der Waals surface area (Å²) in [6.07, 6.45) is 2.03. The van der Waals surface area contributed by atoms with Crippen LogP contribution in [0.2, 0.25) is 0 Å². The number of carbonyl (C=O) groups is 1. The van der Waals surface area contributed by atoms with Gasteiger partial charge in [0.1, 0.15) is 11.6 Å². The quantitative estimate of drug-likeness (QED) is 0.843. The molecular formula is C18H18FNO2. The molecule has 1 aliphatic carbocycles. The van der Waals surface area contributed by atoms with Crippen LogP contribution in [0.5, 0.6) is 5.75 Å². The zero-order valence-electron chi connectivity index (χ0n) is 12.5. The van der Waals surface area contributed by atoms with Gasteiger partial charge in [-0.2, -0.15) is 0 Å². The fourth-order valence-corrected chi connectivity index (χ4v) is 2.52. The smallest absolute Gasteiger partial charge is 0.258 e. The number of rotatable bonds is 5. The molecule has 0 radical (unpaired) electrons. The summed E-state index contributed by atoms with van der Waals surface area (Å²) in [5.41, 5.74) is 1.50. The Morgan fingerprint density at radius 1 is 1.18 bits per heavy atom. The summed E-state index contributed by atoms with van der Waals surface area (Å²) in [6, 6.07) is 13.8. The van der Waals surface area contributed by atoms with Crippen molar-refractivity contribution in [2.24, 2.45) is 0 Å². The van der Waals surface area contributed by atoms with E-state index in [4.69, 9.17) is 4.74 Å². The number of para-hydroxylation sites is 1. The number of hydrogen-bond acceptors (Lipinski definition) is 2. The molecule has 2 aromatic carbocycles. The summed E-state index contributed by atoms with van der Waals surface area (Å²) in [6.45, 7) is 0.488. The zero-order chi connectivity index (χ0) is 15.5. The summed E-state index contributed by atoms with van der Waals surface area (Å²) >= 11 is 0. The molecule has 0 unspecified atom stereocenters. The van der Waals surface area contributed by atoms with Gasteiger partial charge in [-0.3, -0.25) is 4.79 Å². The summed E-state index contributed by atoms with van der Waals surface area (Å²) in [7, 11) is 1.56. The molecule has 3 nitrogen and oxygen atoms in total. The molecule has 0 N–H and O–H groups in total. The lowest BCUT2D eigenvalue weighted by Gasteiger charge is -2.23. The van der Waals surface area contributed by atoms with Crippen LogP contribution < -0.4 is 4.74 Å². The summed E-state index contributed by atoms with van der Waals surface area (Å²) in [5, 5.41) is 0. The highest BCUT2D eigenvalue weighted by Crippen LogP contribution is 2.31. The molecular weight excluding hydrogens is 281 g/mol. The topological polar surface area (TPSA) is 29.5 Å². The zero-order valence-corrected chi connectivity index (χ0v) is 12.5. The van der Waals surface area contributed by atoms with Crippen LogP contribution in [0.3, 0.4) is 0 Å². The number of ether oxygens (including phenoxy) is 1. The number of halogens is 1. The molecule has 0 atom stereocenters. The molecule has 0 heterocycles. The molecule has 114 valence electrons. The first-order valence-corrected chi connectivity index (χ1v) is 7.37. The van der Waals surface area contributed by atoms with Crippen LogP contribution in [0.1, 0.15) is 28.8 Å². The van der Waals surface area contributed by atoms with Crippen molar-refractivity contribution in [3.8, 4) is 5.75 Å². The molecule has 1 aliphatic rings. The van der Waals surface area contributed by atoms with Crippen molar-refractivity contribution in [1.82, 2.24) is 4.90 Å². The standard InChI is InChI=1S/C18H18FNO2/c1-22-17-5-3-2-4-16(17)18(21)20(15-10-11-15)12-13-6-8-14(19)9-7-13/h2-9,15H,10-12H2,1H3. The van der Waals surface area contributed by atoms with Crippen molar-refractivity contribution in [3.05, 3.63) is 65.5 Å². The van der Waals surface area contributed by atoms with Crippen LogP contribution in [-0.2, 0) is 6.54 Å². The fraction of sp³-hybridized carbons (Fsp3) is 0.278. The van der Waals surface area contributed by atoms with Gasteiger partial charge >= 0.3 is 0 Å². The molecule has 3 rings (SSSR count). The third kappa shape index (κ3) is 3.11. The maximum atomic E-state index is 13.0. The second-order valence-corrected chi connectivity index (χ2v) is 5.49. The first-order valence-electron chi connectivity index (χ1n) is 7.37. The number of hydrogen-bond donors (Lipinski definition) is 0. The van der Waals surface area contributed by atoms with E-state index in [0.29, 0.717) is 17.9 Å². The van der Waals surface area contributed by atoms with Gasteiger partial charge in [0, 0.05) is 12.6 Å². The maximum absolute atomic E-state index is 13.0. The van der Waals surface area contributed by atoms with Gasteiger partial charge in [-0.15, -0.1) is 0 Å². The first kappa shape index (κ1) is 14.6. The predicted molar refractivity (Wildman–Crippen MR) is 82.3 cm³/mol. The second kappa shape index (κ2) is 6.18. The van der Waals surface area contributed by atoms with Gasteiger partial charge in [0.25, 0.3) is 5.91 Å². The Kier molecular flexibility index (Phi) is 4.09. The summed E-state index contributed by atoms with van der Waals surface area (Å²) in [4.78, 5) is 14.7. The number of methoxy groups -OCH3 is 1. The van der Waals surface area contributed by atoms with Crippen molar-refractivity contribution in [3.63, 3.8) is 0 Å². The van der Waals surface area contributed by atoms with Gasteiger partial charge in [-0.05, 0) is 42.7 Å². The van der Waals surface area contributed by atoms with Crippen LogP contribution in [0, 0.1) is 5.82 Å². The summed E-state index contributed by atoms with van der Waals surface area (Å²) < 4.78 is 18.3. The lowest BCUT2D eigenvalue weighted by atomic mass is 10.1. The van der Waals surface area contributed by atoms with Gasteiger partial charge in [0.05, 0.1) is 12.7 Å². The van der Waals surface area contributed by atoms with Gasteiger partial charge < -0.3 is 9.64 Å². The number of benzene rings is 2. The van der Waals surface area contributed by atoms with Crippen molar-refractivity contribution in [2.45, 2.75) is 25.4 Å². The molecule has 1 amide bonds. The van der Waals surface area contributed by atoms with Crippen LogP contribution in [0.15, 0.2) is 48.5 Å². The van der Waals surface area contributed by atoms with Crippen LogP contribution in [0.4, 0.5) is 4.39 Å². The molecule has 0 aliphatic heterocycles. The monoisotopic (exact) mass is 299 g/mol. The molecule has 1 saturated carbocycles. The molecule has 4 heteroatoms. The maximum Gasteiger partial charge on any atom is 0.258 e. The van der Waals surface area contributed by atoms with Crippen LogP contribution in [0.25, 0.3) is 0 Å². The molecule has 0 spiro atoms. The normalized spacial score (nSPS) is 13.7. The molecule has 0 saturated heterocycles. The minimum absolute atomic E-state index is 0.0377. The Balaban J connectivity index is 1.84. The van der Waals surface area contributed by atoms with Crippen LogP contribution in [-0.4, -0.2) is 24.0 Å². The third-order valence-electron chi connectivity index (χ3n) is 3.85. The van der Waals surface area contributed by atoms with Crippen molar-refractivity contribution >= 4 is 5.91 Å². The van der Waals surface area contributed by atoms with E-state index in [9.17, 15) is 9.18 Å². The third-order valence-corrected chi connectivity index (χ3v) is 3.85. The van der Waals surface area contributed by atoms with Gasteiger partial charge in [-0.25, -0.2) is 4.39 Å². The molecule has 2 aromatic rings. The Morgan fingerprint density at radius 3 is 2.50 bits per heavy atom. The highest BCUT2D eigenvalue weighted by atomic mass is 19.1. The van der Waals surface area contributed by atoms with Gasteiger partial charge in [0.15, 0.2) is 0 Å². The van der Waals surface area contributed by atoms with E-state index in [1.807, 2.05) is 17.0 Å². The molecule has 0 bridgehead atoms. The predicted octanol–water partition coefficient (Wildman–Crippen LogP) is 3.64. The fourth-order valence-electron chi connectivity index (χ4n) is 2.52. The molecule has 22 heavy (non-hydrogen) atoms. The minimum atomic E-state index is -0.266. The van der Waals surface area contributed by atoms with Gasteiger partial charge in [-0.1, -0.05) is 24.3 Å². The van der Waals surface area contributed by atoms with Crippen LogP contribution >= 0.6 is 0 Å². The summed E-state index contributed by atoms with van der Waals surface area (Å²) in [5.74, 6) is 0.277. The molecule has 0 aromatic heterocycles. The lowest BCUT2D eigenvalue weighted by molar-refractivity contribution is 0.0726. The van der Waals surface area contributed by atoms with E-state index in [2.05, 4.69) is 0 Å². The number of nitrogens with zero attached hydrogens (tertiary/aromatic N) is 1. The SMILES string of the molecule is COc1ccccc1C(=O)N(Cc1ccc(F)cc1)C1CC1. The number of carbonyl (C=O) groups excluding carboxylic acids is 1. The Labute approximate surface area is 129 Å². The minimum Gasteiger partial charge on any atom is -0.496 e. The highest BCUT2D eigenvalue weighted by molar-refractivity contribution is 5.97. The Hall–Kier alpha value is -2.36. The van der Waals surface area contributed by atoms with E-state index >= 15 is 0 Å². The average molecular weight is 299 g/mol. The van der Waals surface area contributed by atoms with Gasteiger partial charge in [0.2, 0.25) is 0 Å². The van der Waals surface area contributed by atoms with E-state index in [1.54, 1.807) is 31.4 Å². The van der Waals surface area contributed by atoms with Crippen molar-refractivity contribution < 1.29 is 13.9 Å². The largest absolute Gasteiger partial charge is 0.496 e. The van der Waals surface area contributed by atoms with Crippen molar-refractivity contribution in [1.29, 1.82) is 0 Å². The van der Waals surface area contributed by atoms with E-state index in [1.165, 1.54) is 12.1 Å². The second-order valence-electron chi connectivity index (χ2n) is 5.49. The van der Waals surface area contributed by atoms with E-state index in [-0.39, 0.29) is 17.8 Å².